The molecule has 0 saturated heterocycles. The Hall–Kier alpha value is -2.50. The predicted molar refractivity (Wildman–Crippen MR) is 97.6 cm³/mol. The Morgan fingerprint density at radius 1 is 1.04 bits per heavy atom. The zero-order valence-electron chi connectivity index (χ0n) is 14.8. The van der Waals surface area contributed by atoms with Gasteiger partial charge in [0, 0.05) is 24.4 Å². The quantitative estimate of drug-likeness (QED) is 0.673. The number of unbranched alkanes of at least 4 members (excludes halogenated alkanes) is 2. The van der Waals surface area contributed by atoms with Crippen LogP contribution in [-0.4, -0.2) is 30.7 Å². The van der Waals surface area contributed by atoms with Crippen LogP contribution in [0.5, 0.6) is 11.5 Å². The SMILES string of the molecule is CCCCCNc1nc(C)cc(Nc2cc(OC)ccc2OC)n1. The van der Waals surface area contributed by atoms with Crippen molar-refractivity contribution < 1.29 is 9.47 Å². The van der Waals surface area contributed by atoms with Crippen molar-refractivity contribution in [3.05, 3.63) is 30.0 Å². The lowest BCUT2D eigenvalue weighted by molar-refractivity contribution is 0.405. The minimum absolute atomic E-state index is 0.635. The molecule has 1 aromatic carbocycles. The molecule has 6 nitrogen and oxygen atoms in total. The average molecular weight is 330 g/mol. The van der Waals surface area contributed by atoms with Crippen LogP contribution in [-0.2, 0) is 0 Å². The summed E-state index contributed by atoms with van der Waals surface area (Å²) in [7, 11) is 3.28. The number of nitrogens with one attached hydrogen (secondary N) is 2. The summed E-state index contributed by atoms with van der Waals surface area (Å²) in [5.74, 6) is 2.83. The minimum Gasteiger partial charge on any atom is -0.497 e. The van der Waals surface area contributed by atoms with Gasteiger partial charge in [0.25, 0.3) is 0 Å². The fourth-order valence-corrected chi connectivity index (χ4v) is 2.34. The second-order valence-corrected chi connectivity index (χ2v) is 5.54. The number of nitrogens with zero attached hydrogens (tertiary/aromatic N) is 2. The Morgan fingerprint density at radius 3 is 2.58 bits per heavy atom. The van der Waals surface area contributed by atoms with Crippen LogP contribution in [0.25, 0.3) is 0 Å². The number of rotatable bonds is 9. The molecule has 0 saturated carbocycles. The summed E-state index contributed by atoms with van der Waals surface area (Å²) in [6.45, 7) is 5.01. The Kier molecular flexibility index (Phi) is 6.66. The highest BCUT2D eigenvalue weighted by atomic mass is 16.5. The number of anilines is 3. The molecule has 0 amide bonds. The third kappa shape index (κ3) is 5.01. The number of hydrogen-bond acceptors (Lipinski definition) is 6. The van der Waals surface area contributed by atoms with Crippen molar-refractivity contribution in [3.8, 4) is 11.5 Å². The van der Waals surface area contributed by atoms with Crippen molar-refractivity contribution in [1.29, 1.82) is 0 Å². The number of ether oxygens (including phenoxy) is 2. The molecular formula is C18H26N4O2. The summed E-state index contributed by atoms with van der Waals surface area (Å²) in [5, 5.41) is 6.56. The fourth-order valence-electron chi connectivity index (χ4n) is 2.34. The maximum Gasteiger partial charge on any atom is 0.224 e. The normalized spacial score (nSPS) is 10.3. The van der Waals surface area contributed by atoms with Gasteiger partial charge in [-0.1, -0.05) is 19.8 Å². The molecule has 6 heteroatoms. The maximum absolute atomic E-state index is 5.39. The molecule has 0 spiro atoms. The molecule has 0 atom stereocenters. The van der Waals surface area contributed by atoms with Gasteiger partial charge in [-0.2, -0.15) is 4.98 Å². The van der Waals surface area contributed by atoms with E-state index in [2.05, 4.69) is 27.5 Å². The average Bonchev–Trinajstić information content (AvgIpc) is 2.58. The first-order chi connectivity index (χ1) is 11.7. The van der Waals surface area contributed by atoms with Gasteiger partial charge in [-0.05, 0) is 25.5 Å². The lowest BCUT2D eigenvalue weighted by atomic mass is 10.2. The largest absolute Gasteiger partial charge is 0.497 e. The van der Waals surface area contributed by atoms with Crippen LogP contribution in [0.1, 0.15) is 31.9 Å². The number of benzene rings is 1. The van der Waals surface area contributed by atoms with Crippen molar-refractivity contribution in [2.24, 2.45) is 0 Å². The number of hydrogen-bond donors (Lipinski definition) is 2. The highest BCUT2D eigenvalue weighted by Gasteiger charge is 2.08. The molecule has 0 bridgehead atoms. The van der Waals surface area contributed by atoms with E-state index < -0.39 is 0 Å². The second kappa shape index (κ2) is 8.96. The van der Waals surface area contributed by atoms with E-state index >= 15 is 0 Å². The molecule has 1 heterocycles. The zero-order chi connectivity index (χ0) is 17.4. The Balaban J connectivity index is 2.15. The molecule has 2 rings (SSSR count). The van der Waals surface area contributed by atoms with Gasteiger partial charge < -0.3 is 20.1 Å². The Labute approximate surface area is 143 Å². The van der Waals surface area contributed by atoms with Crippen LogP contribution in [0.15, 0.2) is 24.3 Å². The molecule has 0 fully saturated rings. The van der Waals surface area contributed by atoms with Crippen LogP contribution in [0.2, 0.25) is 0 Å². The molecule has 24 heavy (non-hydrogen) atoms. The summed E-state index contributed by atoms with van der Waals surface area (Å²) in [5.41, 5.74) is 1.69. The Morgan fingerprint density at radius 2 is 1.88 bits per heavy atom. The smallest absolute Gasteiger partial charge is 0.224 e. The van der Waals surface area contributed by atoms with E-state index in [0.717, 1.165) is 35.8 Å². The predicted octanol–water partition coefficient (Wildman–Crippen LogP) is 4.15. The van der Waals surface area contributed by atoms with E-state index in [4.69, 9.17) is 9.47 Å². The van der Waals surface area contributed by atoms with Gasteiger partial charge in [-0.25, -0.2) is 4.98 Å². The number of aromatic nitrogens is 2. The summed E-state index contributed by atoms with van der Waals surface area (Å²) in [6, 6.07) is 7.50. The van der Waals surface area contributed by atoms with Crippen LogP contribution < -0.4 is 20.1 Å². The van der Waals surface area contributed by atoms with E-state index in [9.17, 15) is 0 Å². The van der Waals surface area contributed by atoms with Gasteiger partial charge in [0.15, 0.2) is 0 Å². The van der Waals surface area contributed by atoms with E-state index in [-0.39, 0.29) is 0 Å². The third-order valence-electron chi connectivity index (χ3n) is 3.59. The first-order valence-electron chi connectivity index (χ1n) is 8.25. The number of methoxy groups -OCH3 is 2. The van der Waals surface area contributed by atoms with Gasteiger partial charge in [0.1, 0.15) is 17.3 Å². The summed E-state index contributed by atoms with van der Waals surface area (Å²) >= 11 is 0. The molecule has 2 aromatic rings. The van der Waals surface area contributed by atoms with E-state index in [1.807, 2.05) is 31.2 Å². The highest BCUT2D eigenvalue weighted by molar-refractivity contribution is 5.66. The lowest BCUT2D eigenvalue weighted by Crippen LogP contribution is -2.08. The van der Waals surface area contributed by atoms with Gasteiger partial charge in [-0.15, -0.1) is 0 Å². The van der Waals surface area contributed by atoms with Gasteiger partial charge in [-0.3, -0.25) is 0 Å². The van der Waals surface area contributed by atoms with E-state index in [0.29, 0.717) is 11.8 Å². The van der Waals surface area contributed by atoms with Gasteiger partial charge in [0.2, 0.25) is 5.95 Å². The molecule has 2 N–H and O–H groups in total. The topological polar surface area (TPSA) is 68.3 Å². The molecule has 0 aliphatic carbocycles. The van der Waals surface area contributed by atoms with Crippen molar-refractivity contribution in [2.45, 2.75) is 33.1 Å². The minimum atomic E-state index is 0.635. The van der Waals surface area contributed by atoms with Crippen molar-refractivity contribution in [1.82, 2.24) is 9.97 Å². The van der Waals surface area contributed by atoms with Crippen LogP contribution in [0.4, 0.5) is 17.5 Å². The molecule has 130 valence electrons. The maximum atomic E-state index is 5.39. The van der Waals surface area contributed by atoms with Crippen LogP contribution in [0, 0.1) is 6.92 Å². The summed E-state index contributed by atoms with van der Waals surface area (Å²) in [6.07, 6.45) is 3.50. The Bertz CT molecular complexity index is 661. The third-order valence-corrected chi connectivity index (χ3v) is 3.59. The van der Waals surface area contributed by atoms with Gasteiger partial charge >= 0.3 is 0 Å². The van der Waals surface area contributed by atoms with Crippen molar-refractivity contribution in [2.75, 3.05) is 31.4 Å². The second-order valence-electron chi connectivity index (χ2n) is 5.54. The van der Waals surface area contributed by atoms with Crippen LogP contribution in [0.3, 0.4) is 0 Å². The number of aryl methyl sites for hydroxylation is 1. The standard InChI is InChI=1S/C18H26N4O2/c1-5-6-7-10-19-18-20-13(2)11-17(22-18)21-15-12-14(23-3)8-9-16(15)24-4/h8-9,11-12H,5-7,10H2,1-4H3,(H2,19,20,21,22). The summed E-state index contributed by atoms with van der Waals surface area (Å²) < 4.78 is 10.7. The molecular weight excluding hydrogens is 304 g/mol. The highest BCUT2D eigenvalue weighted by Crippen LogP contribution is 2.31. The molecule has 0 unspecified atom stereocenters. The monoisotopic (exact) mass is 330 g/mol. The zero-order valence-corrected chi connectivity index (χ0v) is 14.8. The van der Waals surface area contributed by atoms with Crippen molar-refractivity contribution in [3.63, 3.8) is 0 Å². The lowest BCUT2D eigenvalue weighted by Gasteiger charge is -2.13. The molecule has 0 aliphatic heterocycles. The first-order valence-corrected chi connectivity index (χ1v) is 8.25. The summed E-state index contributed by atoms with van der Waals surface area (Å²) in [4.78, 5) is 8.96. The van der Waals surface area contributed by atoms with E-state index in [1.54, 1.807) is 14.2 Å². The first kappa shape index (κ1) is 17.8. The molecule has 1 aromatic heterocycles. The van der Waals surface area contributed by atoms with Gasteiger partial charge in [0.05, 0.1) is 19.9 Å². The fraction of sp³-hybridized carbons (Fsp3) is 0.444. The van der Waals surface area contributed by atoms with E-state index in [1.165, 1.54) is 12.8 Å². The van der Waals surface area contributed by atoms with Crippen LogP contribution >= 0.6 is 0 Å². The molecule has 0 radical (unpaired) electrons. The van der Waals surface area contributed by atoms with Crippen molar-refractivity contribution >= 4 is 17.5 Å². The molecule has 0 aliphatic rings.